The first-order valence-electron chi connectivity index (χ1n) is 8.11. The molecule has 1 aromatic rings. The zero-order valence-electron chi connectivity index (χ0n) is 14.0. The number of carbonyl (C=O) groups excluding carboxylic acids is 1. The molecule has 1 saturated carbocycles. The summed E-state index contributed by atoms with van der Waals surface area (Å²) in [5.41, 5.74) is 0. The number of hydrogen-bond donors (Lipinski definition) is 2. The Hall–Kier alpha value is -2.06. The number of aliphatic hydroxyl groups is 2. The van der Waals surface area contributed by atoms with Crippen LogP contribution in [-0.2, 0) is 0 Å². The number of hydrogen-bond acceptors (Lipinski definition) is 6. The van der Waals surface area contributed by atoms with Crippen LogP contribution in [0.25, 0.3) is 0 Å². The monoisotopic (exact) mass is 338 g/mol. The second kappa shape index (κ2) is 7.67. The second-order valence-electron chi connectivity index (χ2n) is 6.04. The Morgan fingerprint density at radius 3 is 2.50 bits per heavy atom. The molecule has 2 N–H and O–H groups in total. The summed E-state index contributed by atoms with van der Waals surface area (Å²) < 4.78 is 5.31. The van der Waals surface area contributed by atoms with Gasteiger partial charge in [-0.15, -0.1) is 12.3 Å². The fraction of sp³-hybridized carbons (Fsp3) is 0.625. The van der Waals surface area contributed by atoms with Gasteiger partial charge < -0.3 is 19.8 Å². The lowest BCUT2D eigenvalue weighted by Gasteiger charge is -2.16. The van der Waals surface area contributed by atoms with E-state index in [0.717, 1.165) is 23.5 Å². The van der Waals surface area contributed by atoms with Crippen LogP contribution >= 0.6 is 0 Å². The highest BCUT2D eigenvalue weighted by Crippen LogP contribution is 2.36. The van der Waals surface area contributed by atoms with Crippen molar-refractivity contribution in [2.24, 2.45) is 0 Å². The van der Waals surface area contributed by atoms with Crippen LogP contribution in [0.5, 0.6) is 0 Å². The summed E-state index contributed by atoms with van der Waals surface area (Å²) in [5, 5.41) is 33.0. The van der Waals surface area contributed by atoms with Crippen molar-refractivity contribution in [2.75, 3.05) is 11.4 Å². The van der Waals surface area contributed by atoms with Crippen LogP contribution in [0.2, 0.25) is 0 Å². The van der Waals surface area contributed by atoms with E-state index in [1.54, 1.807) is 13.0 Å². The standard InChI is InChI=1S/C13H19N3O4.C3H6O/c1-2-15-11(17)12(18)16(13(15)19)10-7-9(20-14-10)8-5-3-4-6-8;1-3(2)4/h7-8,11-12,17-18H,2-6H2,1H3;4H,1H2,2H3/p-1. The number of aliphatic hydroxyl groups excluding tert-OH is 2. The normalized spacial score (nSPS) is 24.2. The Labute approximate surface area is 141 Å². The van der Waals surface area contributed by atoms with Crippen LogP contribution < -0.4 is 10.0 Å². The van der Waals surface area contributed by atoms with Crippen LogP contribution in [0, 0.1) is 0 Å². The molecule has 2 fully saturated rings. The van der Waals surface area contributed by atoms with Crippen molar-refractivity contribution in [1.82, 2.24) is 10.1 Å². The van der Waals surface area contributed by atoms with Gasteiger partial charge in [-0.3, -0.25) is 4.90 Å². The number of rotatable bonds is 3. The lowest BCUT2D eigenvalue weighted by Crippen LogP contribution is -2.37. The number of amides is 2. The van der Waals surface area contributed by atoms with Crippen molar-refractivity contribution >= 4 is 11.8 Å². The molecule has 1 aliphatic heterocycles. The first-order valence-corrected chi connectivity index (χ1v) is 8.11. The lowest BCUT2D eigenvalue weighted by molar-refractivity contribution is -0.300. The molecule has 2 atom stereocenters. The third-order valence-electron chi connectivity index (χ3n) is 4.16. The molecule has 3 rings (SSSR count). The Balaban J connectivity index is 0.000000471. The minimum Gasteiger partial charge on any atom is -0.876 e. The predicted molar refractivity (Wildman–Crippen MR) is 84.8 cm³/mol. The van der Waals surface area contributed by atoms with Gasteiger partial charge in [0.15, 0.2) is 18.3 Å². The summed E-state index contributed by atoms with van der Waals surface area (Å²) in [4.78, 5) is 14.4. The molecule has 0 spiro atoms. The van der Waals surface area contributed by atoms with Crippen molar-refractivity contribution in [3.63, 3.8) is 0 Å². The van der Waals surface area contributed by atoms with Gasteiger partial charge in [-0.25, -0.2) is 9.69 Å². The topological polar surface area (TPSA) is 113 Å². The van der Waals surface area contributed by atoms with E-state index < -0.39 is 18.5 Å². The summed E-state index contributed by atoms with van der Waals surface area (Å²) in [6, 6.07) is 1.24. The first-order chi connectivity index (χ1) is 11.4. The summed E-state index contributed by atoms with van der Waals surface area (Å²) in [7, 11) is 0. The van der Waals surface area contributed by atoms with Crippen molar-refractivity contribution in [2.45, 2.75) is 57.9 Å². The van der Waals surface area contributed by atoms with Gasteiger partial charge in [0.05, 0.1) is 0 Å². The Kier molecular flexibility index (Phi) is 5.84. The van der Waals surface area contributed by atoms with Gasteiger partial charge >= 0.3 is 6.03 Å². The van der Waals surface area contributed by atoms with Crippen LogP contribution in [0.4, 0.5) is 10.6 Å². The molecule has 1 aliphatic carbocycles. The van der Waals surface area contributed by atoms with Gasteiger partial charge in [-0.2, -0.15) is 0 Å². The Bertz CT molecular complexity index is 578. The Morgan fingerprint density at radius 2 is 2.00 bits per heavy atom. The molecule has 24 heavy (non-hydrogen) atoms. The third-order valence-corrected chi connectivity index (χ3v) is 4.16. The van der Waals surface area contributed by atoms with E-state index in [-0.39, 0.29) is 11.6 Å². The Morgan fingerprint density at radius 1 is 1.42 bits per heavy atom. The molecule has 0 bridgehead atoms. The maximum atomic E-state index is 12.1. The fourth-order valence-corrected chi connectivity index (χ4v) is 3.01. The highest BCUT2D eigenvalue weighted by atomic mass is 16.5. The maximum Gasteiger partial charge on any atom is 0.330 e. The fourth-order valence-electron chi connectivity index (χ4n) is 3.01. The molecule has 2 unspecified atom stereocenters. The number of allylic oxidation sites excluding steroid dienone is 1. The third kappa shape index (κ3) is 3.70. The molecule has 1 aromatic heterocycles. The van der Waals surface area contributed by atoms with Crippen molar-refractivity contribution in [1.29, 1.82) is 0 Å². The van der Waals surface area contributed by atoms with Crippen LogP contribution in [0.15, 0.2) is 22.9 Å². The number of anilines is 1. The summed E-state index contributed by atoms with van der Waals surface area (Å²) in [6.07, 6.45) is 1.93. The van der Waals surface area contributed by atoms with E-state index in [4.69, 9.17) is 4.52 Å². The van der Waals surface area contributed by atoms with Gasteiger partial charge in [-0.05, 0) is 19.8 Å². The summed E-state index contributed by atoms with van der Waals surface area (Å²) >= 11 is 0. The molecule has 134 valence electrons. The maximum absolute atomic E-state index is 12.1. The molecule has 8 nitrogen and oxygen atoms in total. The van der Waals surface area contributed by atoms with Crippen molar-refractivity contribution < 1.29 is 24.6 Å². The average molecular weight is 338 g/mol. The molecule has 2 aliphatic rings. The number of carbonyl (C=O) groups is 1. The van der Waals surface area contributed by atoms with Gasteiger partial charge in [0.2, 0.25) is 0 Å². The predicted octanol–water partition coefficient (Wildman–Crippen LogP) is 1.11. The largest absolute Gasteiger partial charge is 0.876 e. The van der Waals surface area contributed by atoms with Gasteiger partial charge in [0, 0.05) is 18.5 Å². The van der Waals surface area contributed by atoms with E-state index in [1.165, 1.54) is 24.7 Å². The first kappa shape index (κ1) is 18.3. The molecule has 2 amide bonds. The molecular formula is C16H24N3O5-. The summed E-state index contributed by atoms with van der Waals surface area (Å²) in [5.74, 6) is 1.28. The minimum atomic E-state index is -1.32. The lowest BCUT2D eigenvalue weighted by atomic mass is 10.1. The minimum absolute atomic E-state index is 0.0833. The van der Waals surface area contributed by atoms with Gasteiger partial charge in [0.25, 0.3) is 0 Å². The zero-order chi connectivity index (χ0) is 17.9. The number of likely N-dealkylation sites (N-methyl/N-ethyl adjacent to an activating group) is 1. The molecule has 8 heteroatoms. The van der Waals surface area contributed by atoms with Crippen molar-refractivity contribution in [3.8, 4) is 0 Å². The molecular weight excluding hydrogens is 314 g/mol. The van der Waals surface area contributed by atoms with Gasteiger partial charge in [-0.1, -0.05) is 24.9 Å². The highest BCUT2D eigenvalue weighted by Gasteiger charge is 2.45. The molecule has 2 heterocycles. The van der Waals surface area contributed by atoms with Crippen LogP contribution in [0.3, 0.4) is 0 Å². The van der Waals surface area contributed by atoms with E-state index in [1.807, 2.05) is 0 Å². The van der Waals surface area contributed by atoms with E-state index in [0.29, 0.717) is 12.5 Å². The van der Waals surface area contributed by atoms with E-state index in [2.05, 4.69) is 11.7 Å². The number of urea groups is 1. The summed E-state index contributed by atoms with van der Waals surface area (Å²) in [6.45, 7) is 6.48. The number of aromatic nitrogens is 1. The van der Waals surface area contributed by atoms with E-state index >= 15 is 0 Å². The second-order valence-corrected chi connectivity index (χ2v) is 6.04. The van der Waals surface area contributed by atoms with Crippen molar-refractivity contribution in [3.05, 3.63) is 24.2 Å². The number of nitrogens with zero attached hydrogens (tertiary/aromatic N) is 3. The quantitative estimate of drug-likeness (QED) is 0.798. The smallest absolute Gasteiger partial charge is 0.330 e. The molecule has 0 aromatic carbocycles. The van der Waals surface area contributed by atoms with Gasteiger partial charge in [0.1, 0.15) is 5.76 Å². The average Bonchev–Trinajstić information content (AvgIpc) is 3.21. The molecule has 0 radical (unpaired) electrons. The SMILES string of the molecule is C=C(C)[O-].CCN1C(=O)N(c2cc(C3CCCC3)on2)C(O)C1O. The van der Waals surface area contributed by atoms with Crippen LogP contribution in [-0.4, -0.2) is 45.3 Å². The molecule has 1 saturated heterocycles. The zero-order valence-corrected chi connectivity index (χ0v) is 14.0. The van der Waals surface area contributed by atoms with E-state index in [9.17, 15) is 20.1 Å². The van der Waals surface area contributed by atoms with Crippen LogP contribution in [0.1, 0.15) is 51.2 Å². The highest BCUT2D eigenvalue weighted by molar-refractivity contribution is 5.93.